The van der Waals surface area contributed by atoms with Crippen molar-refractivity contribution in [3.63, 3.8) is 0 Å². The van der Waals surface area contributed by atoms with E-state index in [1.807, 2.05) is 66.8 Å². The molecule has 1 aliphatic heterocycles. The largest absolute Gasteiger partial charge is 0.345 e. The molecule has 0 radical (unpaired) electrons. The van der Waals surface area contributed by atoms with E-state index in [-0.39, 0.29) is 11.9 Å². The highest BCUT2D eigenvalue weighted by Gasteiger charge is 2.19. The number of thioether (sulfide) groups is 2. The molecule has 1 N–H and O–H groups in total. The summed E-state index contributed by atoms with van der Waals surface area (Å²) in [5, 5.41) is 3.06. The summed E-state index contributed by atoms with van der Waals surface area (Å²) in [7, 11) is 0. The molecule has 0 aliphatic carbocycles. The lowest BCUT2D eigenvalue weighted by Crippen LogP contribution is -2.26. The summed E-state index contributed by atoms with van der Waals surface area (Å²) in [5.74, 6) is 2.38. The second kappa shape index (κ2) is 7.77. The molecule has 1 saturated heterocycles. The van der Waals surface area contributed by atoms with Crippen molar-refractivity contribution in [1.82, 2.24) is 5.32 Å². The molecule has 1 fully saturated rings. The van der Waals surface area contributed by atoms with Gasteiger partial charge in [0.1, 0.15) is 0 Å². The minimum absolute atomic E-state index is 0.0356. The van der Waals surface area contributed by atoms with Crippen molar-refractivity contribution >= 4 is 45.4 Å². The minimum Gasteiger partial charge on any atom is -0.345 e. The lowest BCUT2D eigenvalue weighted by Gasteiger charge is -2.16. The molecule has 0 spiro atoms. The van der Waals surface area contributed by atoms with Crippen molar-refractivity contribution in [2.75, 3.05) is 11.5 Å². The van der Waals surface area contributed by atoms with Crippen molar-refractivity contribution in [3.05, 3.63) is 69.7 Å². The van der Waals surface area contributed by atoms with Crippen LogP contribution in [0.1, 0.15) is 39.0 Å². The molecule has 3 rings (SSSR count). The Balaban J connectivity index is 1.67. The topological polar surface area (TPSA) is 29.1 Å². The number of halogens is 1. The van der Waals surface area contributed by atoms with Gasteiger partial charge >= 0.3 is 0 Å². The molecular formula is C18H18BrNOS2. The van der Waals surface area contributed by atoms with Gasteiger partial charge in [-0.25, -0.2) is 0 Å². The first-order valence-corrected chi connectivity index (χ1v) is 10.4. The number of benzene rings is 2. The van der Waals surface area contributed by atoms with Crippen LogP contribution in [0.5, 0.6) is 0 Å². The Morgan fingerprint density at radius 1 is 1.13 bits per heavy atom. The van der Waals surface area contributed by atoms with Crippen molar-refractivity contribution in [2.45, 2.75) is 17.5 Å². The molecule has 0 aromatic heterocycles. The lowest BCUT2D eigenvalue weighted by atomic mass is 10.1. The van der Waals surface area contributed by atoms with Crippen LogP contribution in [0, 0.1) is 0 Å². The third-order valence-corrected chi connectivity index (χ3v) is 7.61. The van der Waals surface area contributed by atoms with Crippen LogP contribution >= 0.6 is 39.5 Å². The van der Waals surface area contributed by atoms with Gasteiger partial charge in [-0.05, 0) is 36.2 Å². The maximum atomic E-state index is 12.4. The predicted molar refractivity (Wildman–Crippen MR) is 104 cm³/mol. The first-order chi connectivity index (χ1) is 11.1. The Morgan fingerprint density at radius 2 is 1.78 bits per heavy atom. The van der Waals surface area contributed by atoms with Crippen LogP contribution in [0.15, 0.2) is 53.0 Å². The summed E-state index contributed by atoms with van der Waals surface area (Å²) in [6.07, 6.45) is 0. The number of amides is 1. The third kappa shape index (κ3) is 4.14. The van der Waals surface area contributed by atoms with E-state index in [2.05, 4.69) is 33.4 Å². The van der Waals surface area contributed by atoms with Gasteiger partial charge < -0.3 is 5.32 Å². The first kappa shape index (κ1) is 16.9. The van der Waals surface area contributed by atoms with Gasteiger partial charge in [-0.15, -0.1) is 23.5 Å². The van der Waals surface area contributed by atoms with E-state index in [9.17, 15) is 4.79 Å². The molecule has 23 heavy (non-hydrogen) atoms. The van der Waals surface area contributed by atoms with Gasteiger partial charge in [-0.1, -0.05) is 46.3 Å². The highest BCUT2D eigenvalue weighted by molar-refractivity contribution is 9.10. The Bertz CT molecular complexity index is 684. The number of hydrogen-bond acceptors (Lipinski definition) is 3. The van der Waals surface area contributed by atoms with E-state index in [0.29, 0.717) is 10.1 Å². The van der Waals surface area contributed by atoms with Crippen LogP contribution < -0.4 is 5.32 Å². The van der Waals surface area contributed by atoms with Gasteiger partial charge in [0.05, 0.1) is 10.6 Å². The molecule has 2 aromatic carbocycles. The second-order valence-electron chi connectivity index (χ2n) is 5.41. The van der Waals surface area contributed by atoms with E-state index in [1.54, 1.807) is 0 Å². The summed E-state index contributed by atoms with van der Waals surface area (Å²) < 4.78 is 1.53. The summed E-state index contributed by atoms with van der Waals surface area (Å²) in [4.78, 5) is 12.4. The number of carbonyl (C=O) groups excluding carboxylic acids is 1. The molecule has 5 heteroatoms. The van der Waals surface area contributed by atoms with Crippen LogP contribution in [0.3, 0.4) is 0 Å². The monoisotopic (exact) mass is 407 g/mol. The van der Waals surface area contributed by atoms with Crippen LogP contribution in [-0.4, -0.2) is 17.4 Å². The summed E-state index contributed by atoms with van der Waals surface area (Å²) in [6.45, 7) is 2.00. The van der Waals surface area contributed by atoms with Gasteiger partial charge in [0, 0.05) is 21.5 Å². The average molecular weight is 408 g/mol. The highest BCUT2D eigenvalue weighted by Crippen LogP contribution is 2.45. The summed E-state index contributed by atoms with van der Waals surface area (Å²) >= 11 is 7.49. The van der Waals surface area contributed by atoms with E-state index in [0.717, 1.165) is 10.0 Å². The molecule has 1 amide bonds. The van der Waals surface area contributed by atoms with E-state index in [1.165, 1.54) is 17.1 Å². The standard InChI is InChI=1S/C18H18BrNOS2/c1-12(15-4-2-3-5-16(15)19)20-17(21)13-6-8-14(9-7-13)18-22-10-11-23-18/h2-9,12,18H,10-11H2,1H3,(H,20,21). The Labute approximate surface area is 153 Å². The smallest absolute Gasteiger partial charge is 0.251 e. The molecule has 2 aromatic rings. The predicted octanol–water partition coefficient (Wildman–Crippen LogP) is 5.42. The van der Waals surface area contributed by atoms with Crippen LogP contribution in [0.4, 0.5) is 0 Å². The number of hydrogen-bond donors (Lipinski definition) is 1. The maximum absolute atomic E-state index is 12.4. The molecule has 1 unspecified atom stereocenters. The lowest BCUT2D eigenvalue weighted by molar-refractivity contribution is 0.0940. The fourth-order valence-electron chi connectivity index (χ4n) is 2.53. The van der Waals surface area contributed by atoms with Crippen molar-refractivity contribution in [2.24, 2.45) is 0 Å². The van der Waals surface area contributed by atoms with Crippen LogP contribution in [-0.2, 0) is 0 Å². The fourth-order valence-corrected chi connectivity index (χ4v) is 6.01. The molecule has 1 heterocycles. The highest BCUT2D eigenvalue weighted by atomic mass is 79.9. The zero-order valence-electron chi connectivity index (χ0n) is 12.8. The Hall–Kier alpha value is -0.910. The molecule has 0 bridgehead atoms. The average Bonchev–Trinajstić information content (AvgIpc) is 3.09. The minimum atomic E-state index is -0.0429. The Kier molecular flexibility index (Phi) is 5.72. The van der Waals surface area contributed by atoms with Gasteiger partial charge in [0.15, 0.2) is 0 Å². The zero-order valence-corrected chi connectivity index (χ0v) is 16.0. The van der Waals surface area contributed by atoms with Gasteiger partial charge in [-0.2, -0.15) is 0 Å². The third-order valence-electron chi connectivity index (χ3n) is 3.79. The van der Waals surface area contributed by atoms with Gasteiger partial charge in [-0.3, -0.25) is 4.79 Å². The molecule has 1 aliphatic rings. The van der Waals surface area contributed by atoms with Crippen LogP contribution in [0.2, 0.25) is 0 Å². The van der Waals surface area contributed by atoms with Gasteiger partial charge in [0.25, 0.3) is 5.91 Å². The first-order valence-electron chi connectivity index (χ1n) is 7.53. The van der Waals surface area contributed by atoms with E-state index >= 15 is 0 Å². The SMILES string of the molecule is CC(NC(=O)c1ccc(C2SCCS2)cc1)c1ccccc1Br. The number of carbonyl (C=O) groups is 1. The van der Waals surface area contributed by atoms with Gasteiger partial charge in [0.2, 0.25) is 0 Å². The second-order valence-corrected chi connectivity index (χ2v) is 8.99. The van der Waals surface area contributed by atoms with Crippen molar-refractivity contribution in [1.29, 1.82) is 0 Å². The Morgan fingerprint density at radius 3 is 2.43 bits per heavy atom. The normalized spacial score (nSPS) is 16.3. The molecule has 1 atom stereocenters. The molecule has 0 saturated carbocycles. The van der Waals surface area contributed by atoms with E-state index in [4.69, 9.17) is 0 Å². The summed E-state index contributed by atoms with van der Waals surface area (Å²) in [6, 6.07) is 15.9. The van der Waals surface area contributed by atoms with Crippen molar-refractivity contribution < 1.29 is 4.79 Å². The van der Waals surface area contributed by atoms with Crippen LogP contribution in [0.25, 0.3) is 0 Å². The fraction of sp³-hybridized carbons (Fsp3) is 0.278. The summed E-state index contributed by atoms with van der Waals surface area (Å²) in [5.41, 5.74) is 3.09. The number of nitrogens with one attached hydrogen (secondary N) is 1. The number of rotatable bonds is 4. The van der Waals surface area contributed by atoms with E-state index < -0.39 is 0 Å². The molecule has 120 valence electrons. The molecule has 2 nitrogen and oxygen atoms in total. The van der Waals surface area contributed by atoms with Crippen molar-refractivity contribution in [3.8, 4) is 0 Å². The molecular weight excluding hydrogens is 390 g/mol. The maximum Gasteiger partial charge on any atom is 0.251 e. The zero-order chi connectivity index (χ0) is 16.2. The quantitative estimate of drug-likeness (QED) is 0.733.